The van der Waals surface area contributed by atoms with Gasteiger partial charge in [0.1, 0.15) is 0 Å². The van der Waals surface area contributed by atoms with E-state index in [2.05, 4.69) is 23.2 Å². The molecule has 1 aromatic heterocycles. The van der Waals surface area contributed by atoms with Crippen LogP contribution in [0, 0.1) is 0 Å². The smallest absolute Gasteiger partial charge is 0.0779 e. The van der Waals surface area contributed by atoms with E-state index in [1.807, 2.05) is 35.5 Å². The Morgan fingerprint density at radius 2 is 2.00 bits per heavy atom. The Labute approximate surface area is 130 Å². The molecular weight excluding hydrogens is 284 g/mol. The summed E-state index contributed by atoms with van der Waals surface area (Å²) in [5.74, 6) is 0.515. The Hall–Kier alpha value is -1.42. The molecule has 3 rings (SSSR count). The van der Waals surface area contributed by atoms with E-state index < -0.39 is 0 Å². The summed E-state index contributed by atoms with van der Waals surface area (Å²) in [5.41, 5.74) is 2.41. The lowest BCUT2D eigenvalue weighted by Crippen LogP contribution is -2.35. The molecule has 2 aromatic rings. The van der Waals surface area contributed by atoms with Crippen LogP contribution in [0.2, 0.25) is 5.02 Å². The molecule has 1 aliphatic heterocycles. The van der Waals surface area contributed by atoms with Crippen molar-refractivity contribution in [3.63, 3.8) is 0 Å². The van der Waals surface area contributed by atoms with E-state index in [-0.39, 0.29) is 6.04 Å². The Bertz CT molecular complexity index is 573. The lowest BCUT2D eigenvalue weighted by molar-refractivity contribution is -0.180. The first-order valence-corrected chi connectivity index (χ1v) is 7.63. The summed E-state index contributed by atoms with van der Waals surface area (Å²) in [6, 6.07) is 14.4. The van der Waals surface area contributed by atoms with E-state index in [1.54, 1.807) is 7.11 Å². The zero-order valence-corrected chi connectivity index (χ0v) is 12.8. The van der Waals surface area contributed by atoms with Crippen molar-refractivity contribution in [1.82, 2.24) is 10.0 Å². The lowest BCUT2D eigenvalue weighted by Gasteiger charge is -2.37. The molecule has 1 aliphatic rings. The van der Waals surface area contributed by atoms with Crippen LogP contribution in [-0.4, -0.2) is 23.7 Å². The van der Waals surface area contributed by atoms with E-state index in [0.717, 1.165) is 30.1 Å². The molecule has 0 amide bonds. The number of hydrogen-bond donors (Lipinski definition) is 0. The van der Waals surface area contributed by atoms with Gasteiger partial charge >= 0.3 is 0 Å². The highest BCUT2D eigenvalue weighted by molar-refractivity contribution is 6.30. The van der Waals surface area contributed by atoms with Crippen molar-refractivity contribution in [2.24, 2.45) is 0 Å². The topological polar surface area (TPSA) is 25.4 Å². The fraction of sp³-hybridized carbons (Fsp3) is 0.353. The van der Waals surface area contributed by atoms with Crippen LogP contribution in [-0.2, 0) is 4.84 Å². The van der Waals surface area contributed by atoms with Gasteiger partial charge in [0.15, 0.2) is 0 Å². The number of hydrogen-bond acceptors (Lipinski definition) is 3. The maximum atomic E-state index is 5.98. The summed E-state index contributed by atoms with van der Waals surface area (Å²) in [6.45, 7) is 0.908. The van der Waals surface area contributed by atoms with Crippen molar-refractivity contribution < 1.29 is 4.84 Å². The number of benzene rings is 1. The van der Waals surface area contributed by atoms with Crippen LogP contribution < -0.4 is 0 Å². The van der Waals surface area contributed by atoms with Gasteiger partial charge in [0.05, 0.1) is 18.8 Å². The molecule has 1 fully saturated rings. The maximum absolute atomic E-state index is 5.98. The number of pyridine rings is 1. The zero-order valence-electron chi connectivity index (χ0n) is 12.1. The van der Waals surface area contributed by atoms with Crippen LogP contribution in [0.3, 0.4) is 0 Å². The highest BCUT2D eigenvalue weighted by Crippen LogP contribution is 2.38. The first-order valence-electron chi connectivity index (χ1n) is 7.25. The second kappa shape index (κ2) is 6.56. The third-order valence-corrected chi connectivity index (χ3v) is 4.41. The highest BCUT2D eigenvalue weighted by Gasteiger charge is 2.31. The van der Waals surface area contributed by atoms with E-state index >= 15 is 0 Å². The highest BCUT2D eigenvalue weighted by atomic mass is 35.5. The first-order chi connectivity index (χ1) is 10.3. The minimum absolute atomic E-state index is 0.200. The second-order valence-corrected chi connectivity index (χ2v) is 5.80. The molecule has 2 unspecified atom stereocenters. The molecule has 0 spiro atoms. The van der Waals surface area contributed by atoms with Gasteiger partial charge in [0, 0.05) is 17.8 Å². The number of piperidine rings is 1. The number of aromatic nitrogens is 1. The van der Waals surface area contributed by atoms with Crippen molar-refractivity contribution in [2.75, 3.05) is 13.7 Å². The SMILES string of the molecule is CON1CCC(c2ccc(Cl)cc2)CC1c1ccccn1. The summed E-state index contributed by atoms with van der Waals surface area (Å²) in [6.07, 6.45) is 3.93. The van der Waals surface area contributed by atoms with Crippen molar-refractivity contribution in [2.45, 2.75) is 24.8 Å². The number of halogens is 1. The molecule has 2 heterocycles. The molecule has 2 atom stereocenters. The average molecular weight is 303 g/mol. The number of rotatable bonds is 3. The Morgan fingerprint density at radius 1 is 1.19 bits per heavy atom. The van der Waals surface area contributed by atoms with Crippen LogP contribution in [0.1, 0.15) is 36.1 Å². The van der Waals surface area contributed by atoms with Crippen LogP contribution >= 0.6 is 11.6 Å². The molecule has 0 bridgehead atoms. The largest absolute Gasteiger partial charge is 0.302 e. The molecular formula is C17H19ClN2O. The van der Waals surface area contributed by atoms with Crippen molar-refractivity contribution in [3.8, 4) is 0 Å². The van der Waals surface area contributed by atoms with Crippen LogP contribution in [0.4, 0.5) is 0 Å². The Morgan fingerprint density at radius 3 is 2.67 bits per heavy atom. The van der Waals surface area contributed by atoms with Gasteiger partial charge in [0.2, 0.25) is 0 Å². The summed E-state index contributed by atoms with van der Waals surface area (Å²) in [5, 5.41) is 2.82. The molecule has 3 nitrogen and oxygen atoms in total. The van der Waals surface area contributed by atoms with Crippen molar-refractivity contribution in [3.05, 3.63) is 64.9 Å². The molecule has 1 aromatic carbocycles. The zero-order chi connectivity index (χ0) is 14.7. The molecule has 0 radical (unpaired) electrons. The van der Waals surface area contributed by atoms with Gasteiger partial charge in [-0.15, -0.1) is 0 Å². The standard InChI is InChI=1S/C17H19ClN2O/c1-21-20-11-9-14(13-5-7-15(18)8-6-13)12-17(20)16-4-2-3-10-19-16/h2-8,10,14,17H,9,11-12H2,1H3. The third kappa shape index (κ3) is 3.26. The normalized spacial score (nSPS) is 23.1. The molecule has 0 aliphatic carbocycles. The summed E-state index contributed by atoms with van der Waals surface area (Å²) >= 11 is 5.98. The van der Waals surface area contributed by atoms with E-state index in [0.29, 0.717) is 5.92 Å². The second-order valence-electron chi connectivity index (χ2n) is 5.37. The molecule has 21 heavy (non-hydrogen) atoms. The fourth-order valence-corrected chi connectivity index (χ4v) is 3.17. The van der Waals surface area contributed by atoms with Crippen LogP contribution in [0.5, 0.6) is 0 Å². The molecule has 0 N–H and O–H groups in total. The summed E-state index contributed by atoms with van der Waals surface area (Å²) in [4.78, 5) is 10.0. The quantitative estimate of drug-likeness (QED) is 0.849. The van der Waals surface area contributed by atoms with E-state index in [9.17, 15) is 0 Å². The predicted molar refractivity (Wildman–Crippen MR) is 84.1 cm³/mol. The molecule has 110 valence electrons. The number of hydroxylamine groups is 2. The molecule has 0 saturated carbocycles. The van der Waals surface area contributed by atoms with Crippen molar-refractivity contribution >= 4 is 11.6 Å². The monoisotopic (exact) mass is 302 g/mol. The third-order valence-electron chi connectivity index (χ3n) is 4.16. The average Bonchev–Trinajstić information content (AvgIpc) is 2.56. The van der Waals surface area contributed by atoms with Gasteiger partial charge in [-0.1, -0.05) is 29.8 Å². The van der Waals surface area contributed by atoms with Gasteiger partial charge in [-0.2, -0.15) is 5.06 Å². The van der Waals surface area contributed by atoms with Crippen LogP contribution in [0.15, 0.2) is 48.7 Å². The minimum atomic E-state index is 0.200. The summed E-state index contributed by atoms with van der Waals surface area (Å²) in [7, 11) is 1.73. The first kappa shape index (κ1) is 14.5. The Kier molecular flexibility index (Phi) is 4.54. The maximum Gasteiger partial charge on any atom is 0.0779 e. The van der Waals surface area contributed by atoms with E-state index in [1.165, 1.54) is 5.56 Å². The minimum Gasteiger partial charge on any atom is -0.302 e. The van der Waals surface area contributed by atoms with Gasteiger partial charge in [-0.3, -0.25) is 4.98 Å². The van der Waals surface area contributed by atoms with Gasteiger partial charge in [-0.25, -0.2) is 0 Å². The van der Waals surface area contributed by atoms with E-state index in [4.69, 9.17) is 16.4 Å². The van der Waals surface area contributed by atoms with Crippen LogP contribution in [0.25, 0.3) is 0 Å². The fourth-order valence-electron chi connectivity index (χ4n) is 3.04. The number of nitrogens with zero attached hydrogens (tertiary/aromatic N) is 2. The van der Waals surface area contributed by atoms with Crippen molar-refractivity contribution in [1.29, 1.82) is 0 Å². The molecule has 1 saturated heterocycles. The van der Waals surface area contributed by atoms with Gasteiger partial charge in [-0.05, 0) is 48.6 Å². The summed E-state index contributed by atoms with van der Waals surface area (Å²) < 4.78 is 0. The Balaban J connectivity index is 1.82. The predicted octanol–water partition coefficient (Wildman–Crippen LogP) is 4.22. The van der Waals surface area contributed by atoms with Gasteiger partial charge < -0.3 is 4.84 Å². The van der Waals surface area contributed by atoms with Gasteiger partial charge in [0.25, 0.3) is 0 Å². The molecule has 4 heteroatoms. The lowest BCUT2D eigenvalue weighted by atomic mass is 9.85.